The number of nitrogens with zero attached hydrogens (tertiary/aromatic N) is 2. The molecule has 2 bridgehead atoms. The smallest absolute Gasteiger partial charge is 0.313 e. The van der Waals surface area contributed by atoms with Gasteiger partial charge in [-0.2, -0.15) is 0 Å². The lowest BCUT2D eigenvalue weighted by Gasteiger charge is -2.41. The van der Waals surface area contributed by atoms with Crippen LogP contribution < -0.4 is 0 Å². The molecule has 1 aromatic rings. The molecule has 0 radical (unpaired) electrons. The first-order valence-corrected chi connectivity index (χ1v) is 14.1. The predicted molar refractivity (Wildman–Crippen MR) is 147 cm³/mol. The zero-order chi connectivity index (χ0) is 28.4. The Balaban J connectivity index is 1.83. The molecule has 3 saturated heterocycles. The fourth-order valence-corrected chi connectivity index (χ4v) is 7.06. The number of hydrogen-bond acceptors (Lipinski definition) is 6. The Kier molecular flexibility index (Phi) is 8.66. The molecular formula is C31H42N2O6. The first-order valence-electron chi connectivity index (χ1n) is 14.1. The number of fused-ring (bicyclic) bond motifs is 1. The number of esters is 1. The quantitative estimate of drug-likeness (QED) is 0.305. The van der Waals surface area contributed by atoms with Crippen LogP contribution in [0.25, 0.3) is 0 Å². The van der Waals surface area contributed by atoms with Crippen LogP contribution in [-0.4, -0.2) is 75.7 Å². The first kappa shape index (κ1) is 29.0. The third-order valence-corrected chi connectivity index (χ3v) is 9.17. The van der Waals surface area contributed by atoms with Gasteiger partial charge in [-0.3, -0.25) is 14.4 Å². The van der Waals surface area contributed by atoms with Gasteiger partial charge in [-0.05, 0) is 30.7 Å². The van der Waals surface area contributed by atoms with Crippen molar-refractivity contribution in [2.45, 2.75) is 76.3 Å². The number of hydrogen-bond donors (Lipinski definition) is 1. The molecule has 8 heteroatoms. The van der Waals surface area contributed by atoms with Crippen molar-refractivity contribution in [3.8, 4) is 0 Å². The van der Waals surface area contributed by atoms with Crippen molar-refractivity contribution in [3.63, 3.8) is 0 Å². The second kappa shape index (κ2) is 11.6. The Morgan fingerprint density at radius 3 is 2.54 bits per heavy atom. The lowest BCUT2D eigenvalue weighted by molar-refractivity contribution is -0.163. The molecule has 3 aliphatic heterocycles. The second-order valence-corrected chi connectivity index (χ2v) is 11.1. The van der Waals surface area contributed by atoms with Crippen molar-refractivity contribution in [2.75, 3.05) is 19.8 Å². The van der Waals surface area contributed by atoms with Gasteiger partial charge in [-0.15, -0.1) is 6.58 Å². The van der Waals surface area contributed by atoms with E-state index in [0.29, 0.717) is 32.2 Å². The average molecular weight is 539 g/mol. The summed E-state index contributed by atoms with van der Waals surface area (Å²) < 4.78 is 12.3. The maximum absolute atomic E-state index is 14.6. The molecule has 0 aliphatic carbocycles. The third-order valence-electron chi connectivity index (χ3n) is 9.17. The van der Waals surface area contributed by atoms with Gasteiger partial charge in [0.25, 0.3) is 0 Å². The van der Waals surface area contributed by atoms with Crippen molar-refractivity contribution in [1.29, 1.82) is 0 Å². The molecule has 7 atom stereocenters. The van der Waals surface area contributed by atoms with E-state index in [2.05, 4.69) is 13.2 Å². The Morgan fingerprint density at radius 2 is 1.95 bits per heavy atom. The fourth-order valence-electron chi connectivity index (χ4n) is 7.06. The van der Waals surface area contributed by atoms with Crippen LogP contribution >= 0.6 is 0 Å². The van der Waals surface area contributed by atoms with E-state index in [9.17, 15) is 19.5 Å². The van der Waals surface area contributed by atoms with Crippen molar-refractivity contribution in [3.05, 3.63) is 61.2 Å². The number of carbonyl (C=O) groups is 3. The van der Waals surface area contributed by atoms with Crippen molar-refractivity contribution in [2.24, 2.45) is 17.8 Å². The number of rotatable bonds is 13. The minimum absolute atomic E-state index is 0.0332. The van der Waals surface area contributed by atoms with Gasteiger partial charge in [-0.1, -0.05) is 76.3 Å². The minimum atomic E-state index is -1.18. The maximum atomic E-state index is 14.6. The Morgan fingerprint density at radius 1 is 1.23 bits per heavy atom. The molecule has 4 rings (SSSR count). The first-order chi connectivity index (χ1) is 18.7. The summed E-state index contributed by atoms with van der Waals surface area (Å²) in [5.41, 5.74) is -1.11. The molecule has 3 aliphatic rings. The van der Waals surface area contributed by atoms with Gasteiger partial charge >= 0.3 is 5.97 Å². The van der Waals surface area contributed by atoms with Gasteiger partial charge in [0.05, 0.1) is 24.2 Å². The molecule has 8 nitrogen and oxygen atoms in total. The third kappa shape index (κ3) is 4.72. The van der Waals surface area contributed by atoms with Gasteiger partial charge in [0.15, 0.2) is 0 Å². The normalized spacial score (nSPS) is 30.5. The molecule has 3 fully saturated rings. The lowest BCUT2D eigenvalue weighted by atomic mass is 9.65. The number of ether oxygens (including phenoxy) is 2. The van der Waals surface area contributed by atoms with E-state index in [1.54, 1.807) is 15.9 Å². The van der Waals surface area contributed by atoms with Crippen molar-refractivity contribution < 1.29 is 29.0 Å². The van der Waals surface area contributed by atoms with E-state index >= 15 is 0 Å². The van der Waals surface area contributed by atoms with Crippen LogP contribution in [0.4, 0.5) is 0 Å². The highest BCUT2D eigenvalue weighted by Crippen LogP contribution is 2.65. The zero-order valence-corrected chi connectivity index (χ0v) is 23.4. The van der Waals surface area contributed by atoms with Crippen LogP contribution in [0.3, 0.4) is 0 Å². The summed E-state index contributed by atoms with van der Waals surface area (Å²) in [4.78, 5) is 45.7. The molecule has 1 N–H and O–H groups in total. The highest BCUT2D eigenvalue weighted by atomic mass is 16.6. The number of likely N-dealkylation sites (tertiary alicyclic amines) is 1. The Labute approximate surface area is 231 Å². The molecular weight excluding hydrogens is 496 g/mol. The van der Waals surface area contributed by atoms with E-state index in [4.69, 9.17) is 9.47 Å². The van der Waals surface area contributed by atoms with Gasteiger partial charge < -0.3 is 24.4 Å². The van der Waals surface area contributed by atoms with Gasteiger partial charge in [-0.25, -0.2) is 0 Å². The SMILES string of the molecule is C=CCOC(=O)[C@H]1[C@H]2C(=O)N([C@@H](CO)[C@@H](C)CC)C(C(=O)N(CC=C)Cc3ccccc3)C23CC[C@]1(CC)O3. The van der Waals surface area contributed by atoms with Crippen LogP contribution in [0.15, 0.2) is 55.6 Å². The van der Waals surface area contributed by atoms with Gasteiger partial charge in [0.1, 0.15) is 24.2 Å². The summed E-state index contributed by atoms with van der Waals surface area (Å²) >= 11 is 0. The van der Waals surface area contributed by atoms with Crippen LogP contribution in [0.2, 0.25) is 0 Å². The summed E-state index contributed by atoms with van der Waals surface area (Å²) in [6.07, 6.45) is 5.41. The number of aliphatic hydroxyl groups excluding tert-OH is 1. The molecule has 2 amide bonds. The lowest BCUT2D eigenvalue weighted by Crippen LogP contribution is -2.59. The minimum Gasteiger partial charge on any atom is -0.461 e. The maximum Gasteiger partial charge on any atom is 0.313 e. The second-order valence-electron chi connectivity index (χ2n) is 11.1. The summed E-state index contributed by atoms with van der Waals surface area (Å²) in [5.74, 6) is -2.85. The molecule has 3 heterocycles. The van der Waals surface area contributed by atoms with E-state index in [0.717, 1.165) is 5.56 Å². The summed E-state index contributed by atoms with van der Waals surface area (Å²) in [5, 5.41) is 10.5. The highest BCUT2D eigenvalue weighted by molar-refractivity contribution is 5.98. The van der Waals surface area contributed by atoms with Crippen molar-refractivity contribution in [1.82, 2.24) is 9.80 Å². The van der Waals surface area contributed by atoms with Gasteiger partial charge in [0, 0.05) is 13.1 Å². The van der Waals surface area contributed by atoms with Crippen LogP contribution in [0.1, 0.15) is 52.0 Å². The monoisotopic (exact) mass is 538 g/mol. The zero-order valence-electron chi connectivity index (χ0n) is 23.4. The molecule has 39 heavy (non-hydrogen) atoms. The Bertz CT molecular complexity index is 1090. The standard InChI is InChI=1S/C31H42N2O6/c1-6-17-32(19-22-13-11-10-12-14-22)28(36)26-31-16-15-30(9-4,39-31)25(29(37)38-18-7-2)24(31)27(35)33(26)23(20-34)21(5)8-3/h6-7,10-14,21,23-26,34H,1-2,8-9,15-20H2,3-5H3/t21-,23-,24-,25+,26?,30-,31?/m0/s1. The largest absolute Gasteiger partial charge is 0.461 e. The van der Waals surface area contributed by atoms with Crippen LogP contribution in [-0.2, 0) is 30.4 Å². The molecule has 0 aromatic heterocycles. The average Bonchev–Trinajstić information content (AvgIpc) is 3.56. The summed E-state index contributed by atoms with van der Waals surface area (Å²) in [6.45, 7) is 13.8. The van der Waals surface area contributed by atoms with E-state index in [-0.39, 0.29) is 37.5 Å². The Hall–Kier alpha value is -2.97. The number of carbonyl (C=O) groups excluding carboxylic acids is 3. The molecule has 1 aromatic carbocycles. The highest BCUT2D eigenvalue weighted by Gasteiger charge is 2.79. The molecule has 2 unspecified atom stereocenters. The predicted octanol–water partition coefficient (Wildman–Crippen LogP) is 3.49. The van der Waals surface area contributed by atoms with E-state index in [1.807, 2.05) is 51.1 Å². The number of amides is 2. The summed E-state index contributed by atoms with van der Waals surface area (Å²) in [6, 6.07) is 8.09. The molecule has 0 saturated carbocycles. The van der Waals surface area contributed by atoms with Crippen LogP contribution in [0.5, 0.6) is 0 Å². The topological polar surface area (TPSA) is 96.4 Å². The number of benzene rings is 1. The van der Waals surface area contributed by atoms with Crippen molar-refractivity contribution >= 4 is 17.8 Å². The fraction of sp³-hybridized carbons (Fsp3) is 0.581. The van der Waals surface area contributed by atoms with E-state index < -0.39 is 41.1 Å². The van der Waals surface area contributed by atoms with Gasteiger partial charge in [0.2, 0.25) is 11.8 Å². The summed E-state index contributed by atoms with van der Waals surface area (Å²) in [7, 11) is 0. The number of aliphatic hydroxyl groups is 1. The molecule has 212 valence electrons. The van der Waals surface area contributed by atoms with Crippen LogP contribution in [0, 0.1) is 17.8 Å². The molecule has 1 spiro atoms. The van der Waals surface area contributed by atoms with E-state index in [1.165, 1.54) is 6.08 Å².